The molecule has 0 radical (unpaired) electrons. The second-order valence-electron chi connectivity index (χ2n) is 3.17. The van der Waals surface area contributed by atoms with Gasteiger partial charge in [0.25, 0.3) is 5.91 Å². The highest BCUT2D eigenvalue weighted by molar-refractivity contribution is 5.95. The van der Waals surface area contributed by atoms with Crippen molar-refractivity contribution in [2.75, 3.05) is 7.05 Å². The Morgan fingerprint density at radius 3 is 2.88 bits per heavy atom. The number of hydrogen-bond acceptors (Lipinski definition) is 3. The van der Waals surface area contributed by atoms with E-state index in [1.54, 1.807) is 6.07 Å². The molecule has 0 aliphatic heterocycles. The van der Waals surface area contributed by atoms with Crippen molar-refractivity contribution in [1.29, 1.82) is 0 Å². The van der Waals surface area contributed by atoms with E-state index < -0.39 is 5.97 Å². The van der Waals surface area contributed by atoms with Crippen LogP contribution in [0.15, 0.2) is 24.5 Å². The highest BCUT2D eigenvalue weighted by Gasteiger charge is 2.11. The molecular weight excluding hydrogens is 210 g/mol. The standard InChI is InChI=1S/C10H9N3O3/c1-11-9(14)6-2-3-13-7(10(15)16)5-12-8(13)4-6/h2-5H,1H3,(H,11,14)(H,15,16). The lowest BCUT2D eigenvalue weighted by Crippen LogP contribution is -2.17. The number of carbonyl (C=O) groups is 2. The third kappa shape index (κ3) is 1.50. The molecule has 2 N–H and O–H groups in total. The monoisotopic (exact) mass is 219 g/mol. The quantitative estimate of drug-likeness (QED) is 0.765. The largest absolute Gasteiger partial charge is 0.477 e. The van der Waals surface area contributed by atoms with Crippen molar-refractivity contribution in [3.05, 3.63) is 35.8 Å². The second kappa shape index (κ2) is 3.65. The van der Waals surface area contributed by atoms with Gasteiger partial charge in [-0.2, -0.15) is 0 Å². The van der Waals surface area contributed by atoms with Crippen molar-refractivity contribution in [3.8, 4) is 0 Å². The summed E-state index contributed by atoms with van der Waals surface area (Å²) in [5.74, 6) is -1.29. The Bertz CT molecular complexity index is 574. The maximum Gasteiger partial charge on any atom is 0.354 e. The molecular formula is C10H9N3O3. The lowest BCUT2D eigenvalue weighted by Gasteiger charge is -2.01. The molecule has 2 aromatic rings. The normalized spacial score (nSPS) is 10.3. The number of carboxylic acid groups (broad SMARTS) is 1. The third-order valence-corrected chi connectivity index (χ3v) is 2.22. The summed E-state index contributed by atoms with van der Waals surface area (Å²) in [6, 6.07) is 3.07. The number of pyridine rings is 1. The van der Waals surface area contributed by atoms with Crippen LogP contribution in [0.2, 0.25) is 0 Å². The molecule has 6 heteroatoms. The van der Waals surface area contributed by atoms with E-state index in [9.17, 15) is 9.59 Å². The van der Waals surface area contributed by atoms with Crippen LogP contribution in [0.4, 0.5) is 0 Å². The van der Waals surface area contributed by atoms with Gasteiger partial charge >= 0.3 is 5.97 Å². The Morgan fingerprint density at radius 2 is 2.25 bits per heavy atom. The molecule has 0 saturated carbocycles. The van der Waals surface area contributed by atoms with Gasteiger partial charge in [0.15, 0.2) is 5.69 Å². The summed E-state index contributed by atoms with van der Waals surface area (Å²) in [7, 11) is 1.53. The van der Waals surface area contributed by atoms with Gasteiger partial charge in [-0.05, 0) is 12.1 Å². The Kier molecular flexibility index (Phi) is 2.32. The molecule has 0 aliphatic carbocycles. The van der Waals surface area contributed by atoms with E-state index in [1.807, 2.05) is 0 Å². The minimum Gasteiger partial charge on any atom is -0.477 e. The fraction of sp³-hybridized carbons (Fsp3) is 0.100. The van der Waals surface area contributed by atoms with E-state index in [0.717, 1.165) is 0 Å². The maximum absolute atomic E-state index is 11.3. The Hall–Kier alpha value is -2.37. The van der Waals surface area contributed by atoms with Gasteiger partial charge < -0.3 is 10.4 Å². The molecule has 2 aromatic heterocycles. The first-order chi connectivity index (χ1) is 7.63. The summed E-state index contributed by atoms with van der Waals surface area (Å²) >= 11 is 0. The molecule has 0 bridgehead atoms. The number of rotatable bonds is 2. The van der Waals surface area contributed by atoms with Crippen LogP contribution in [0.3, 0.4) is 0 Å². The average Bonchev–Trinajstić information content (AvgIpc) is 2.70. The first-order valence-electron chi connectivity index (χ1n) is 4.56. The van der Waals surface area contributed by atoms with E-state index in [2.05, 4.69) is 10.3 Å². The number of amides is 1. The predicted octanol–water partition coefficient (Wildman–Crippen LogP) is 0.392. The van der Waals surface area contributed by atoms with Gasteiger partial charge in [-0.3, -0.25) is 9.20 Å². The molecule has 2 heterocycles. The van der Waals surface area contributed by atoms with Crippen LogP contribution in [-0.2, 0) is 0 Å². The maximum atomic E-state index is 11.3. The highest BCUT2D eigenvalue weighted by atomic mass is 16.4. The third-order valence-electron chi connectivity index (χ3n) is 2.22. The molecule has 0 aliphatic rings. The molecule has 16 heavy (non-hydrogen) atoms. The van der Waals surface area contributed by atoms with Crippen molar-refractivity contribution in [3.63, 3.8) is 0 Å². The van der Waals surface area contributed by atoms with E-state index in [0.29, 0.717) is 11.2 Å². The van der Waals surface area contributed by atoms with Crippen molar-refractivity contribution < 1.29 is 14.7 Å². The van der Waals surface area contributed by atoms with Crippen molar-refractivity contribution >= 4 is 17.5 Å². The van der Waals surface area contributed by atoms with Crippen LogP contribution in [0.1, 0.15) is 20.8 Å². The summed E-state index contributed by atoms with van der Waals surface area (Å²) in [6.07, 6.45) is 2.77. The van der Waals surface area contributed by atoms with Gasteiger partial charge in [0.1, 0.15) is 5.65 Å². The topological polar surface area (TPSA) is 83.7 Å². The number of aromatic carboxylic acids is 1. The Morgan fingerprint density at radius 1 is 1.50 bits per heavy atom. The minimum absolute atomic E-state index is 0.0680. The van der Waals surface area contributed by atoms with Crippen LogP contribution in [0.5, 0.6) is 0 Å². The minimum atomic E-state index is -1.06. The van der Waals surface area contributed by atoms with Gasteiger partial charge in [-0.1, -0.05) is 0 Å². The number of hydrogen-bond donors (Lipinski definition) is 2. The van der Waals surface area contributed by atoms with Crippen molar-refractivity contribution in [2.24, 2.45) is 0 Å². The molecule has 0 fully saturated rings. The van der Waals surface area contributed by atoms with Crippen molar-refractivity contribution in [1.82, 2.24) is 14.7 Å². The molecule has 0 unspecified atom stereocenters. The molecule has 1 amide bonds. The van der Waals surface area contributed by atoms with E-state index in [-0.39, 0.29) is 11.6 Å². The number of carbonyl (C=O) groups excluding carboxylic acids is 1. The first-order valence-corrected chi connectivity index (χ1v) is 4.56. The molecule has 0 saturated heterocycles. The molecule has 0 atom stereocenters. The van der Waals surface area contributed by atoms with Gasteiger partial charge in [0, 0.05) is 18.8 Å². The highest BCUT2D eigenvalue weighted by Crippen LogP contribution is 2.09. The van der Waals surface area contributed by atoms with E-state index in [4.69, 9.17) is 5.11 Å². The fourth-order valence-corrected chi connectivity index (χ4v) is 1.42. The summed E-state index contributed by atoms with van der Waals surface area (Å²) in [4.78, 5) is 26.1. The zero-order chi connectivity index (χ0) is 11.7. The number of nitrogens with one attached hydrogen (secondary N) is 1. The van der Waals surface area contributed by atoms with E-state index in [1.165, 1.54) is 29.9 Å². The number of imidazole rings is 1. The Labute approximate surface area is 90.5 Å². The summed E-state index contributed by atoms with van der Waals surface area (Å²) in [6.45, 7) is 0. The van der Waals surface area contributed by atoms with Crippen molar-refractivity contribution in [2.45, 2.75) is 0 Å². The number of carboxylic acids is 1. The molecule has 82 valence electrons. The first kappa shape index (κ1) is 10.2. The van der Waals surface area contributed by atoms with E-state index >= 15 is 0 Å². The zero-order valence-corrected chi connectivity index (χ0v) is 8.47. The summed E-state index contributed by atoms with van der Waals surface area (Å²) in [5, 5.41) is 11.3. The zero-order valence-electron chi connectivity index (χ0n) is 8.47. The average molecular weight is 219 g/mol. The lowest BCUT2D eigenvalue weighted by atomic mass is 10.2. The molecule has 0 aromatic carbocycles. The molecule has 2 rings (SSSR count). The SMILES string of the molecule is CNC(=O)c1ccn2c(C(=O)O)cnc2c1. The fourth-order valence-electron chi connectivity index (χ4n) is 1.42. The van der Waals surface area contributed by atoms with Gasteiger partial charge in [0.2, 0.25) is 0 Å². The Balaban J connectivity index is 2.57. The number of nitrogens with zero attached hydrogens (tertiary/aromatic N) is 2. The van der Waals surface area contributed by atoms with Crippen LogP contribution < -0.4 is 5.32 Å². The van der Waals surface area contributed by atoms with Crippen LogP contribution >= 0.6 is 0 Å². The van der Waals surface area contributed by atoms with Crippen LogP contribution in [0, 0.1) is 0 Å². The number of aromatic nitrogens is 2. The molecule has 6 nitrogen and oxygen atoms in total. The van der Waals surface area contributed by atoms with Crippen LogP contribution in [-0.4, -0.2) is 33.4 Å². The number of fused-ring (bicyclic) bond motifs is 1. The second-order valence-corrected chi connectivity index (χ2v) is 3.17. The van der Waals surface area contributed by atoms with Crippen LogP contribution in [0.25, 0.3) is 5.65 Å². The lowest BCUT2D eigenvalue weighted by molar-refractivity contribution is 0.0689. The van der Waals surface area contributed by atoms with Gasteiger partial charge in [-0.15, -0.1) is 0 Å². The van der Waals surface area contributed by atoms with Gasteiger partial charge in [-0.25, -0.2) is 9.78 Å². The molecule has 0 spiro atoms. The van der Waals surface area contributed by atoms with Gasteiger partial charge in [0.05, 0.1) is 6.20 Å². The smallest absolute Gasteiger partial charge is 0.354 e. The summed E-state index contributed by atoms with van der Waals surface area (Å²) < 4.78 is 1.41. The predicted molar refractivity (Wildman–Crippen MR) is 55.5 cm³/mol. The summed E-state index contributed by atoms with van der Waals surface area (Å²) in [5.41, 5.74) is 0.939.